The molecule has 86 valence electrons. The van der Waals surface area contributed by atoms with Gasteiger partial charge in [-0.15, -0.1) is 0 Å². The maximum Gasteiger partial charge on any atom is 0.321 e. The number of aromatic nitrogens is 1. The summed E-state index contributed by atoms with van der Waals surface area (Å²) in [5, 5.41) is 1.12. The van der Waals surface area contributed by atoms with Crippen molar-refractivity contribution in [3.63, 3.8) is 0 Å². The Bertz CT molecular complexity index is 627. The zero-order valence-electron chi connectivity index (χ0n) is 9.34. The third-order valence-electron chi connectivity index (χ3n) is 3.18. The predicted molar refractivity (Wildman–Crippen MR) is 61.4 cm³/mol. The van der Waals surface area contributed by atoms with E-state index >= 15 is 0 Å². The van der Waals surface area contributed by atoms with Gasteiger partial charge in [-0.1, -0.05) is 12.1 Å². The van der Waals surface area contributed by atoms with E-state index in [9.17, 15) is 9.59 Å². The van der Waals surface area contributed by atoms with Crippen molar-refractivity contribution in [1.82, 2.24) is 4.57 Å². The lowest BCUT2D eigenvalue weighted by Gasteiger charge is -2.06. The van der Waals surface area contributed by atoms with Crippen molar-refractivity contribution >= 4 is 22.8 Å². The maximum atomic E-state index is 11.5. The van der Waals surface area contributed by atoms with Gasteiger partial charge in [0.1, 0.15) is 0 Å². The van der Waals surface area contributed by atoms with E-state index in [0.717, 1.165) is 16.5 Å². The van der Waals surface area contributed by atoms with E-state index in [-0.39, 0.29) is 6.42 Å². The molecule has 1 aromatic heterocycles. The van der Waals surface area contributed by atoms with Crippen molar-refractivity contribution in [3.05, 3.63) is 36.0 Å². The van der Waals surface area contributed by atoms with Gasteiger partial charge in [0.05, 0.1) is 12.3 Å². The molecule has 0 aliphatic carbocycles. The van der Waals surface area contributed by atoms with Crippen LogP contribution in [0.15, 0.2) is 30.5 Å². The SMILES string of the molecule is Cn1ccc2ccc(C3CC(=O)OC3=O)cc21. The highest BCUT2D eigenvalue weighted by atomic mass is 16.6. The number of fused-ring (bicyclic) bond motifs is 1. The van der Waals surface area contributed by atoms with Gasteiger partial charge in [-0.2, -0.15) is 0 Å². The molecule has 1 aliphatic heterocycles. The number of aryl methyl sites for hydroxylation is 1. The Morgan fingerprint density at radius 2 is 2.12 bits per heavy atom. The van der Waals surface area contributed by atoms with Crippen LogP contribution in [0.3, 0.4) is 0 Å². The van der Waals surface area contributed by atoms with Gasteiger partial charge in [-0.05, 0) is 23.1 Å². The Morgan fingerprint density at radius 1 is 1.29 bits per heavy atom. The Kier molecular flexibility index (Phi) is 2.04. The van der Waals surface area contributed by atoms with Crippen LogP contribution in [0.5, 0.6) is 0 Å². The molecule has 4 heteroatoms. The molecule has 0 spiro atoms. The molecule has 0 saturated carbocycles. The van der Waals surface area contributed by atoms with Crippen molar-refractivity contribution < 1.29 is 14.3 Å². The Hall–Kier alpha value is -2.10. The molecule has 0 N–H and O–H groups in total. The number of cyclic esters (lactones) is 2. The number of rotatable bonds is 1. The van der Waals surface area contributed by atoms with Gasteiger partial charge in [0, 0.05) is 18.8 Å². The fraction of sp³-hybridized carbons (Fsp3) is 0.231. The Labute approximate surface area is 97.8 Å². The number of ether oxygens (including phenoxy) is 1. The lowest BCUT2D eigenvalue weighted by Crippen LogP contribution is -2.05. The van der Waals surface area contributed by atoms with Crippen LogP contribution in [-0.2, 0) is 21.4 Å². The van der Waals surface area contributed by atoms with Gasteiger partial charge in [0.15, 0.2) is 0 Å². The van der Waals surface area contributed by atoms with E-state index in [1.54, 1.807) is 0 Å². The molecule has 1 unspecified atom stereocenters. The average Bonchev–Trinajstić information content (AvgIpc) is 2.83. The third-order valence-corrected chi connectivity index (χ3v) is 3.18. The third kappa shape index (κ3) is 1.53. The quantitative estimate of drug-likeness (QED) is 0.552. The number of hydrogen-bond donors (Lipinski definition) is 0. The monoisotopic (exact) mass is 229 g/mol. The predicted octanol–water partition coefficient (Wildman–Crippen LogP) is 1.74. The fourth-order valence-corrected chi connectivity index (χ4v) is 2.23. The van der Waals surface area contributed by atoms with Crippen LogP contribution in [0.25, 0.3) is 10.9 Å². The summed E-state index contributed by atoms with van der Waals surface area (Å²) >= 11 is 0. The van der Waals surface area contributed by atoms with Gasteiger partial charge in [0.25, 0.3) is 0 Å². The van der Waals surface area contributed by atoms with Crippen LogP contribution in [0.2, 0.25) is 0 Å². The second-order valence-corrected chi connectivity index (χ2v) is 4.29. The number of nitrogens with zero attached hydrogens (tertiary/aromatic N) is 1. The number of carbonyl (C=O) groups excluding carboxylic acids is 2. The van der Waals surface area contributed by atoms with E-state index in [1.165, 1.54) is 0 Å². The first-order valence-corrected chi connectivity index (χ1v) is 5.44. The summed E-state index contributed by atoms with van der Waals surface area (Å²) < 4.78 is 6.55. The average molecular weight is 229 g/mol. The highest BCUT2D eigenvalue weighted by molar-refractivity contribution is 5.98. The summed E-state index contributed by atoms with van der Waals surface area (Å²) in [6, 6.07) is 7.80. The van der Waals surface area contributed by atoms with Crippen molar-refractivity contribution in [3.8, 4) is 0 Å². The minimum atomic E-state index is -0.443. The van der Waals surface area contributed by atoms with Crippen LogP contribution in [0.4, 0.5) is 0 Å². The number of benzene rings is 1. The summed E-state index contributed by atoms with van der Waals surface area (Å²) in [5.74, 6) is -1.32. The van der Waals surface area contributed by atoms with Crippen molar-refractivity contribution in [1.29, 1.82) is 0 Å². The molecule has 4 nitrogen and oxygen atoms in total. The highest BCUT2D eigenvalue weighted by Crippen LogP contribution is 2.29. The molecule has 1 saturated heterocycles. The summed E-state index contributed by atoms with van der Waals surface area (Å²) in [6.07, 6.45) is 2.11. The molecular formula is C13H11NO3. The fourth-order valence-electron chi connectivity index (χ4n) is 2.23. The number of esters is 2. The number of hydrogen-bond acceptors (Lipinski definition) is 3. The summed E-state index contributed by atoms with van der Waals surface area (Å²) in [4.78, 5) is 22.6. The standard InChI is InChI=1S/C13H11NO3/c1-14-5-4-8-2-3-9(6-11(8)14)10-7-12(15)17-13(10)16/h2-6,10H,7H2,1H3. The minimum Gasteiger partial charge on any atom is -0.393 e. The summed E-state index contributed by atoms with van der Waals surface area (Å²) in [6.45, 7) is 0. The molecule has 1 aromatic carbocycles. The van der Waals surface area contributed by atoms with E-state index < -0.39 is 17.9 Å². The second-order valence-electron chi connectivity index (χ2n) is 4.29. The van der Waals surface area contributed by atoms with Crippen molar-refractivity contribution in [2.45, 2.75) is 12.3 Å². The molecular weight excluding hydrogens is 218 g/mol. The van der Waals surface area contributed by atoms with Crippen LogP contribution in [-0.4, -0.2) is 16.5 Å². The first-order valence-electron chi connectivity index (χ1n) is 5.44. The van der Waals surface area contributed by atoms with E-state index in [2.05, 4.69) is 4.74 Å². The van der Waals surface area contributed by atoms with Gasteiger partial charge >= 0.3 is 11.9 Å². The van der Waals surface area contributed by atoms with E-state index in [4.69, 9.17) is 0 Å². The maximum absolute atomic E-state index is 11.5. The van der Waals surface area contributed by atoms with Gasteiger partial charge < -0.3 is 9.30 Å². The molecule has 0 bridgehead atoms. The van der Waals surface area contributed by atoms with Gasteiger partial charge in [-0.3, -0.25) is 9.59 Å². The lowest BCUT2D eigenvalue weighted by atomic mass is 9.97. The van der Waals surface area contributed by atoms with Crippen molar-refractivity contribution in [2.75, 3.05) is 0 Å². The zero-order valence-corrected chi connectivity index (χ0v) is 9.34. The normalized spacial score (nSPS) is 19.9. The molecule has 1 fully saturated rings. The minimum absolute atomic E-state index is 0.148. The van der Waals surface area contributed by atoms with Crippen LogP contribution in [0, 0.1) is 0 Å². The first kappa shape index (κ1) is 10.1. The topological polar surface area (TPSA) is 48.3 Å². The first-order chi connectivity index (χ1) is 8.15. The molecule has 2 heterocycles. The lowest BCUT2D eigenvalue weighted by molar-refractivity contribution is -0.152. The summed E-state index contributed by atoms with van der Waals surface area (Å²) in [5.41, 5.74) is 1.89. The second kappa shape index (κ2) is 3.45. The highest BCUT2D eigenvalue weighted by Gasteiger charge is 2.34. The van der Waals surface area contributed by atoms with Crippen molar-refractivity contribution in [2.24, 2.45) is 7.05 Å². The Balaban J connectivity index is 2.08. The van der Waals surface area contributed by atoms with Crippen LogP contribution in [0.1, 0.15) is 17.9 Å². The van der Waals surface area contributed by atoms with Gasteiger partial charge in [0.2, 0.25) is 0 Å². The molecule has 2 aromatic rings. The molecule has 1 aliphatic rings. The largest absolute Gasteiger partial charge is 0.393 e. The molecule has 1 atom stereocenters. The molecule has 3 rings (SSSR count). The zero-order chi connectivity index (χ0) is 12.0. The smallest absolute Gasteiger partial charge is 0.321 e. The van der Waals surface area contributed by atoms with Crippen LogP contribution >= 0.6 is 0 Å². The molecule has 0 amide bonds. The van der Waals surface area contributed by atoms with Gasteiger partial charge in [-0.25, -0.2) is 0 Å². The number of carbonyl (C=O) groups is 2. The van der Waals surface area contributed by atoms with E-state index in [1.807, 2.05) is 42.1 Å². The van der Waals surface area contributed by atoms with E-state index in [0.29, 0.717) is 0 Å². The molecule has 17 heavy (non-hydrogen) atoms. The Morgan fingerprint density at radius 3 is 2.82 bits per heavy atom. The molecule has 0 radical (unpaired) electrons. The summed E-state index contributed by atoms with van der Waals surface area (Å²) in [7, 11) is 1.95. The van der Waals surface area contributed by atoms with Crippen LogP contribution < -0.4 is 0 Å².